The Balaban J connectivity index is 3.02. The van der Waals surface area contributed by atoms with Gasteiger partial charge in [-0.25, -0.2) is 0 Å². The summed E-state index contributed by atoms with van der Waals surface area (Å²) in [5.41, 5.74) is 1.82. The van der Waals surface area contributed by atoms with Crippen molar-refractivity contribution in [1.29, 1.82) is 0 Å². The first-order valence-corrected chi connectivity index (χ1v) is 6.22. The number of carbonyl (C=O) groups excluding carboxylic acids is 2. The van der Waals surface area contributed by atoms with Gasteiger partial charge in [-0.1, -0.05) is 23.5 Å². The number of nitrogens with one attached hydrogen (secondary N) is 2. The van der Waals surface area contributed by atoms with Gasteiger partial charge in [0.05, 0.1) is 5.56 Å². The molecule has 106 valence electrons. The summed E-state index contributed by atoms with van der Waals surface area (Å²) in [6, 6.07) is 4.62. The van der Waals surface area contributed by atoms with Gasteiger partial charge < -0.3 is 15.7 Å². The van der Waals surface area contributed by atoms with Crippen LogP contribution in [0.1, 0.15) is 28.4 Å². The molecule has 3 N–H and O–H groups in total. The molecule has 1 atom stereocenters. The van der Waals surface area contributed by atoms with Crippen molar-refractivity contribution in [3.8, 4) is 11.8 Å². The van der Waals surface area contributed by atoms with Gasteiger partial charge in [-0.15, -0.1) is 0 Å². The standard InChI is InChI=1S/C15H18N2O3/c1-10-6-7-12(5-4-8-18)13(9-10)15(20)17-11(2)14(19)16-3/h6-7,9,11,18H,8H2,1-3H3,(H,16,19)(H,17,20). The van der Waals surface area contributed by atoms with Crippen LogP contribution >= 0.6 is 0 Å². The molecule has 1 aromatic carbocycles. The van der Waals surface area contributed by atoms with Gasteiger partial charge in [-0.3, -0.25) is 9.59 Å². The molecule has 0 saturated heterocycles. The number of amides is 2. The monoisotopic (exact) mass is 274 g/mol. The van der Waals surface area contributed by atoms with E-state index in [0.717, 1.165) is 5.56 Å². The van der Waals surface area contributed by atoms with Crippen molar-refractivity contribution in [2.45, 2.75) is 19.9 Å². The molecule has 0 radical (unpaired) electrons. The van der Waals surface area contributed by atoms with E-state index >= 15 is 0 Å². The Hall–Kier alpha value is -2.32. The second kappa shape index (κ2) is 7.31. The minimum atomic E-state index is -0.633. The number of rotatable bonds is 3. The predicted molar refractivity (Wildman–Crippen MR) is 76.1 cm³/mol. The highest BCUT2D eigenvalue weighted by Gasteiger charge is 2.17. The van der Waals surface area contributed by atoms with Crippen LogP contribution in [-0.4, -0.2) is 36.6 Å². The van der Waals surface area contributed by atoms with E-state index in [1.165, 1.54) is 7.05 Å². The Kier molecular flexibility index (Phi) is 5.75. The molecular weight excluding hydrogens is 256 g/mol. The lowest BCUT2D eigenvalue weighted by atomic mass is 10.0. The number of likely N-dealkylation sites (N-methyl/N-ethyl adjacent to an activating group) is 1. The third-order valence-electron chi connectivity index (χ3n) is 2.71. The Bertz CT molecular complexity index is 570. The van der Waals surface area contributed by atoms with Crippen molar-refractivity contribution < 1.29 is 14.7 Å². The molecule has 0 heterocycles. The summed E-state index contributed by atoms with van der Waals surface area (Å²) >= 11 is 0. The smallest absolute Gasteiger partial charge is 0.253 e. The topological polar surface area (TPSA) is 78.4 Å². The highest BCUT2D eigenvalue weighted by Crippen LogP contribution is 2.11. The molecule has 2 amide bonds. The third kappa shape index (κ3) is 4.11. The van der Waals surface area contributed by atoms with Crippen molar-refractivity contribution in [1.82, 2.24) is 10.6 Å². The minimum Gasteiger partial charge on any atom is -0.384 e. The first-order valence-electron chi connectivity index (χ1n) is 6.22. The molecule has 0 aliphatic heterocycles. The number of hydrogen-bond acceptors (Lipinski definition) is 3. The molecule has 5 nitrogen and oxygen atoms in total. The summed E-state index contributed by atoms with van der Waals surface area (Å²) in [5.74, 6) is 4.60. The van der Waals surface area contributed by atoms with E-state index in [2.05, 4.69) is 22.5 Å². The van der Waals surface area contributed by atoms with Gasteiger partial charge in [0, 0.05) is 12.6 Å². The lowest BCUT2D eigenvalue weighted by Crippen LogP contribution is -2.43. The second-order valence-corrected chi connectivity index (χ2v) is 4.32. The predicted octanol–water partition coefficient (Wildman–Crippen LogP) is 0.203. The van der Waals surface area contributed by atoms with Crippen molar-refractivity contribution >= 4 is 11.8 Å². The molecule has 0 spiro atoms. The fraction of sp³-hybridized carbons (Fsp3) is 0.333. The fourth-order valence-electron chi connectivity index (χ4n) is 1.65. The molecule has 0 bridgehead atoms. The molecule has 1 unspecified atom stereocenters. The molecule has 20 heavy (non-hydrogen) atoms. The van der Waals surface area contributed by atoms with Gasteiger partial charge in [0.1, 0.15) is 12.6 Å². The van der Waals surface area contributed by atoms with E-state index in [0.29, 0.717) is 11.1 Å². The summed E-state index contributed by atoms with van der Waals surface area (Å²) in [6.45, 7) is 3.19. The number of benzene rings is 1. The van der Waals surface area contributed by atoms with Crippen LogP contribution in [0.2, 0.25) is 0 Å². The molecule has 0 aliphatic rings. The highest BCUT2D eigenvalue weighted by atomic mass is 16.2. The summed E-state index contributed by atoms with van der Waals surface area (Å²) < 4.78 is 0. The van der Waals surface area contributed by atoms with Crippen LogP contribution in [0.15, 0.2) is 18.2 Å². The number of aryl methyl sites for hydroxylation is 1. The number of aliphatic hydroxyl groups is 1. The average Bonchev–Trinajstić information content (AvgIpc) is 2.44. The first-order chi connectivity index (χ1) is 9.49. The van der Waals surface area contributed by atoms with Gasteiger partial charge in [0.2, 0.25) is 5.91 Å². The maximum Gasteiger partial charge on any atom is 0.253 e. The van der Waals surface area contributed by atoms with Crippen LogP contribution in [-0.2, 0) is 4.79 Å². The molecule has 1 aromatic rings. The van der Waals surface area contributed by atoms with Crippen LogP contribution in [0.5, 0.6) is 0 Å². The van der Waals surface area contributed by atoms with Crippen LogP contribution in [0.25, 0.3) is 0 Å². The summed E-state index contributed by atoms with van der Waals surface area (Å²) in [6.07, 6.45) is 0. The fourth-order valence-corrected chi connectivity index (χ4v) is 1.65. The zero-order valence-electron chi connectivity index (χ0n) is 11.8. The average molecular weight is 274 g/mol. The van der Waals surface area contributed by atoms with Crippen LogP contribution in [0.4, 0.5) is 0 Å². The third-order valence-corrected chi connectivity index (χ3v) is 2.71. The van der Waals surface area contributed by atoms with E-state index in [1.54, 1.807) is 19.1 Å². The number of hydrogen-bond donors (Lipinski definition) is 3. The maximum absolute atomic E-state index is 12.2. The van der Waals surface area contributed by atoms with Crippen molar-refractivity contribution in [2.75, 3.05) is 13.7 Å². The Morgan fingerprint density at radius 3 is 2.70 bits per heavy atom. The second-order valence-electron chi connectivity index (χ2n) is 4.32. The van der Waals surface area contributed by atoms with Crippen molar-refractivity contribution in [3.63, 3.8) is 0 Å². The number of aliphatic hydroxyl groups excluding tert-OH is 1. The highest BCUT2D eigenvalue weighted by molar-refractivity contribution is 5.99. The Morgan fingerprint density at radius 2 is 2.10 bits per heavy atom. The summed E-state index contributed by atoms with van der Waals surface area (Å²) in [7, 11) is 1.51. The van der Waals surface area contributed by atoms with Crippen molar-refractivity contribution in [3.05, 3.63) is 34.9 Å². The zero-order chi connectivity index (χ0) is 15.1. The first kappa shape index (κ1) is 15.7. The van der Waals surface area contributed by atoms with Gasteiger partial charge in [-0.2, -0.15) is 0 Å². The lowest BCUT2D eigenvalue weighted by molar-refractivity contribution is -0.122. The van der Waals surface area contributed by atoms with Gasteiger partial charge in [-0.05, 0) is 26.0 Å². The van der Waals surface area contributed by atoms with E-state index in [-0.39, 0.29) is 18.4 Å². The van der Waals surface area contributed by atoms with E-state index < -0.39 is 6.04 Å². The van der Waals surface area contributed by atoms with Gasteiger partial charge in [0.15, 0.2) is 0 Å². The molecular formula is C15H18N2O3. The lowest BCUT2D eigenvalue weighted by Gasteiger charge is -2.13. The van der Waals surface area contributed by atoms with Gasteiger partial charge >= 0.3 is 0 Å². The van der Waals surface area contributed by atoms with Crippen molar-refractivity contribution in [2.24, 2.45) is 0 Å². The molecule has 0 aliphatic carbocycles. The summed E-state index contributed by atoms with van der Waals surface area (Å²) in [5, 5.41) is 13.8. The molecule has 0 aromatic heterocycles. The van der Waals surface area contributed by atoms with E-state index in [9.17, 15) is 9.59 Å². The van der Waals surface area contributed by atoms with Gasteiger partial charge in [0.25, 0.3) is 5.91 Å². The SMILES string of the molecule is CNC(=O)C(C)NC(=O)c1cc(C)ccc1C#CCO. The van der Waals surface area contributed by atoms with Crippen LogP contribution < -0.4 is 10.6 Å². The van der Waals surface area contributed by atoms with E-state index in [1.807, 2.05) is 13.0 Å². The molecule has 5 heteroatoms. The molecule has 0 fully saturated rings. The molecule has 1 rings (SSSR count). The largest absolute Gasteiger partial charge is 0.384 e. The zero-order valence-corrected chi connectivity index (χ0v) is 11.8. The normalized spacial score (nSPS) is 11.0. The maximum atomic E-state index is 12.2. The Morgan fingerprint density at radius 1 is 1.40 bits per heavy atom. The quantitative estimate of drug-likeness (QED) is 0.689. The number of carbonyl (C=O) groups is 2. The van der Waals surface area contributed by atoms with E-state index in [4.69, 9.17) is 5.11 Å². The van der Waals surface area contributed by atoms with Crippen LogP contribution in [0, 0.1) is 18.8 Å². The minimum absolute atomic E-state index is 0.269. The van der Waals surface area contributed by atoms with Crippen LogP contribution in [0.3, 0.4) is 0 Å². The summed E-state index contributed by atoms with van der Waals surface area (Å²) in [4.78, 5) is 23.6. The Labute approximate surface area is 118 Å². The molecule has 0 saturated carbocycles.